The Balaban J connectivity index is 0.000000140. The highest BCUT2D eigenvalue weighted by Crippen LogP contribution is 3.02. The molecule has 0 bridgehead atoms. The predicted octanol–water partition coefficient (Wildman–Crippen LogP) is 12.3. The van der Waals surface area contributed by atoms with Crippen molar-refractivity contribution >= 4 is 158 Å². The van der Waals surface area contributed by atoms with Crippen molar-refractivity contribution < 1.29 is 68.7 Å². The van der Waals surface area contributed by atoms with E-state index in [1.54, 1.807) is 133 Å². The highest BCUT2D eigenvalue weighted by Gasteiger charge is 2.65. The molecule has 18 rings (SSSR count). The van der Waals surface area contributed by atoms with Crippen molar-refractivity contribution in [2.24, 2.45) is 0 Å². The molecule has 5 aliphatic heterocycles. The normalized spacial score (nSPS) is 15.8. The number of nitrogens with zero attached hydrogens (tertiary/aromatic N) is 20. The van der Waals surface area contributed by atoms with E-state index in [9.17, 15) is 68.7 Å². The minimum Gasteiger partial charge on any atom is -0.352 e. The molecule has 6 fully saturated rings. The van der Waals surface area contributed by atoms with Crippen molar-refractivity contribution in [3.05, 3.63) is 245 Å². The van der Waals surface area contributed by atoms with E-state index in [2.05, 4.69) is 121 Å². The van der Waals surface area contributed by atoms with Gasteiger partial charge in [0.25, 0.3) is 0 Å². The number of pyridine rings is 2. The van der Waals surface area contributed by atoms with Gasteiger partial charge < -0.3 is 49.0 Å². The summed E-state index contributed by atoms with van der Waals surface area (Å²) in [5.41, 5.74) is 10.6. The summed E-state index contributed by atoms with van der Waals surface area (Å²) in [7, 11) is -19.6. The maximum absolute atomic E-state index is 12.7. The van der Waals surface area contributed by atoms with Crippen LogP contribution in [-0.2, 0) is 86.1 Å². The zero-order valence-corrected chi connectivity index (χ0v) is 83.3. The van der Waals surface area contributed by atoms with Gasteiger partial charge in [-0.2, -0.15) is 20.2 Å². The highest BCUT2D eigenvalue weighted by molar-refractivity contribution is 8.45. The fourth-order valence-electron chi connectivity index (χ4n) is 15.7. The van der Waals surface area contributed by atoms with Gasteiger partial charge in [-0.3, -0.25) is 38.1 Å². The van der Waals surface area contributed by atoms with Gasteiger partial charge in [0.1, 0.15) is 10.6 Å². The summed E-state index contributed by atoms with van der Waals surface area (Å²) in [6, 6.07) is 50.9. The Bertz CT molecular complexity index is 6670. The molecule has 6 aliphatic rings. The van der Waals surface area contributed by atoms with Gasteiger partial charge in [0.15, 0.2) is 39.0 Å². The van der Waals surface area contributed by atoms with E-state index in [4.69, 9.17) is 6.42 Å². The Labute approximate surface area is 824 Å². The molecule has 141 heavy (non-hydrogen) atoms. The first-order chi connectivity index (χ1) is 67.2. The Kier molecular flexibility index (Phi) is 33.0. The average molecular weight is 2050 g/mol. The second-order valence-electron chi connectivity index (χ2n) is 34.5. The quantitative estimate of drug-likeness (QED) is 0.0353. The molecule has 5 aromatic carbocycles. The standard InChI is InChI=1S/C21H22N4OS.C20H23N5O3S.C19H21N5O3S2.C19H25N5O3S.C17H19F5N4OS/c26-19(14-15-3-5-16(6-4-15)17-7-8-17)24-10-12-25(13-11-24)21-23-20-18(27-21)2-1-9-22-20;1-3-17-9-10-19(22-21-17)24-11-13-25(14-12-24)20(26)15-16-5-7-18(8-6-16)23-29(27,28)4-2;1-29(26,27)22-15-6-4-14(5-7-15)13-17(25)23-9-11-24(12-10-23)19-21-18-16(28-19)3-2-8-20-18;1-3-28(26,27)22-17-7-5-16(6-8-17)14-19(25)24-12-10-23(11-13-24)18-9-4-15(2)20-21-18;1-13-2-7-16(24-23-13)25-8-10-26(11-9-25)17(27)12-14-3-5-15(6-4-14)28(18,19,20,21)22/h1-6,9,17H,7-8,10-14H2;1,5-10,23H,4,11-15H2,2H3;2-8,22H,9-13H2,1H3;4-9,22H,3,10-14H2,1-2H3;2-7H,8-12H2,1H3. The van der Waals surface area contributed by atoms with E-state index < -0.39 is 45.2 Å². The topological polar surface area (TPSA) is 385 Å². The van der Waals surface area contributed by atoms with Crippen LogP contribution in [0.3, 0.4) is 0 Å². The van der Waals surface area contributed by atoms with Gasteiger partial charge >= 0.3 is 10.2 Å². The number of benzene rings is 5. The number of terminal acetylenes is 1. The van der Waals surface area contributed by atoms with Crippen molar-refractivity contribution in [3.8, 4) is 12.3 Å². The molecule has 1 saturated carbocycles. The number of carbonyl (C=O) groups excluding carboxylic acids is 5. The van der Waals surface area contributed by atoms with E-state index in [0.717, 1.165) is 153 Å². The fourth-order valence-corrected chi connectivity index (χ4v) is 20.2. The van der Waals surface area contributed by atoms with Crippen LogP contribution in [0.1, 0.15) is 83.1 Å². The summed E-state index contributed by atoms with van der Waals surface area (Å²) in [5.74, 6) is 5.67. The number of fused-ring (bicyclic) bond motifs is 2. The average Bonchev–Trinajstić information content (AvgIpc) is 1.51. The van der Waals surface area contributed by atoms with Gasteiger partial charge in [0.05, 0.1) is 70.7 Å². The summed E-state index contributed by atoms with van der Waals surface area (Å²) < 4.78 is 142. The number of rotatable bonds is 25. The van der Waals surface area contributed by atoms with Crippen molar-refractivity contribution in [1.29, 1.82) is 0 Å². The number of thiazole rings is 2. The molecule has 5 amide bonds. The summed E-state index contributed by atoms with van der Waals surface area (Å²) in [6.45, 7) is 20.1. The molecule has 746 valence electrons. The molecule has 7 aromatic heterocycles. The number of aromatic nitrogens is 10. The molecule has 1 aliphatic carbocycles. The maximum atomic E-state index is 12.7. The Morgan fingerprint density at radius 3 is 0.950 bits per heavy atom. The number of hydrogen-bond acceptors (Lipinski definition) is 28. The number of amides is 5. The number of halogens is 5. The lowest BCUT2D eigenvalue weighted by atomic mass is 10.1. The molecular weight excluding hydrogens is 1940 g/mol. The Morgan fingerprint density at radius 1 is 0.383 bits per heavy atom. The van der Waals surface area contributed by atoms with Crippen LogP contribution in [0.25, 0.3) is 20.7 Å². The number of anilines is 8. The highest BCUT2D eigenvalue weighted by atomic mass is 32.5. The van der Waals surface area contributed by atoms with Gasteiger partial charge in [-0.25, -0.2) is 35.2 Å². The van der Waals surface area contributed by atoms with Crippen LogP contribution in [0.5, 0.6) is 0 Å². The number of aryl methyl sites for hydroxylation is 2. The number of hydrogen-bond donors (Lipinski definition) is 3. The lowest BCUT2D eigenvalue weighted by Crippen LogP contribution is -2.49. The first kappa shape index (κ1) is 103. The maximum Gasteiger partial charge on any atom is 0.310 e. The molecule has 0 unspecified atom stereocenters. The lowest BCUT2D eigenvalue weighted by Gasteiger charge is -2.40. The molecule has 12 aromatic rings. The Morgan fingerprint density at radius 2 is 0.681 bits per heavy atom. The molecule has 0 spiro atoms. The summed E-state index contributed by atoms with van der Waals surface area (Å²) in [5, 5.41) is 26.4. The molecule has 3 N–H and O–H groups in total. The summed E-state index contributed by atoms with van der Waals surface area (Å²) >= 11 is 3.29. The van der Waals surface area contributed by atoms with Crippen LogP contribution in [0, 0.1) is 26.2 Å². The van der Waals surface area contributed by atoms with Gasteiger partial charge in [-0.1, -0.05) is 115 Å². The first-order valence-electron chi connectivity index (χ1n) is 45.9. The van der Waals surface area contributed by atoms with Gasteiger partial charge in [-0.15, -0.1) is 26.8 Å². The Hall–Kier alpha value is -13.4. The van der Waals surface area contributed by atoms with Crippen LogP contribution in [-0.4, -0.2) is 278 Å². The summed E-state index contributed by atoms with van der Waals surface area (Å²) in [4.78, 5) is 98.5. The number of piperazine rings is 5. The largest absolute Gasteiger partial charge is 0.352 e. The van der Waals surface area contributed by atoms with E-state index in [1.807, 2.05) is 86.9 Å². The van der Waals surface area contributed by atoms with Crippen molar-refractivity contribution in [1.82, 2.24) is 75.0 Å². The van der Waals surface area contributed by atoms with Gasteiger partial charge in [-0.05, 0) is 195 Å². The number of sulfonamides is 3. The zero-order chi connectivity index (χ0) is 100. The van der Waals surface area contributed by atoms with Crippen LogP contribution in [0.4, 0.5) is 64.2 Å². The molecule has 45 heteroatoms. The molecule has 0 radical (unpaired) electrons. The second-order valence-corrected chi connectivity index (χ2v) is 44.7. The third kappa shape index (κ3) is 30.3. The number of nitrogens with one attached hydrogen (secondary N) is 3. The zero-order valence-electron chi connectivity index (χ0n) is 78.4. The van der Waals surface area contributed by atoms with Gasteiger partial charge in [0, 0.05) is 160 Å². The third-order valence-electron chi connectivity index (χ3n) is 24.0. The SMILES string of the molecule is C#Cc1ccc(N2CCN(C(=O)Cc3ccc(NS(=O)(=O)CC)cc3)CC2)nn1.CCS(=O)(=O)Nc1ccc(CC(=O)N2CCN(c3ccc(C)nn3)CC2)cc1.CS(=O)(=O)Nc1ccc(CC(=O)N2CCN(c3nc4ncccc4s3)CC2)cc1.Cc1ccc(N2CCN(C(=O)Cc3ccc(S(F)(F)(F)(F)F)cc3)CC2)nn1.O=C(Cc1ccc(C2CC2)cc1)N1CCN(c2nc3ncccc3s2)CC1. The lowest BCUT2D eigenvalue weighted by molar-refractivity contribution is -0.131. The smallest absolute Gasteiger partial charge is 0.310 e. The minimum atomic E-state index is -9.69. The second kappa shape index (κ2) is 45.0. The monoisotopic (exact) mass is 2050 g/mol. The van der Waals surface area contributed by atoms with E-state index in [0.29, 0.717) is 139 Å². The van der Waals surface area contributed by atoms with E-state index >= 15 is 0 Å². The van der Waals surface area contributed by atoms with Crippen molar-refractivity contribution in [2.45, 2.75) is 83.5 Å². The van der Waals surface area contributed by atoms with Crippen molar-refractivity contribution in [3.63, 3.8) is 0 Å². The fraction of sp³-hybridized carbons (Fsp3) is 0.365. The molecule has 12 heterocycles. The first-order valence-corrected chi connectivity index (χ1v) is 54.6. The van der Waals surface area contributed by atoms with Crippen LogP contribution >= 0.6 is 32.9 Å². The number of carbonyl (C=O) groups is 5. The molecular formula is C96H110F5N23O11S6. The van der Waals surface area contributed by atoms with Gasteiger partial charge in [0.2, 0.25) is 59.6 Å². The third-order valence-corrected chi connectivity index (χ3v) is 30.5. The molecule has 34 nitrogen and oxygen atoms in total. The van der Waals surface area contributed by atoms with Crippen LogP contribution in [0.15, 0.2) is 199 Å². The molecule has 0 atom stereocenters. The van der Waals surface area contributed by atoms with Crippen LogP contribution < -0.4 is 38.7 Å². The summed E-state index contributed by atoms with van der Waals surface area (Å²) in [6.07, 6.45) is 13.8. The molecule has 5 saturated heterocycles. The van der Waals surface area contributed by atoms with Crippen LogP contribution in [0.2, 0.25) is 0 Å². The predicted molar refractivity (Wildman–Crippen MR) is 541 cm³/mol. The van der Waals surface area contributed by atoms with E-state index in [-0.39, 0.29) is 59.4 Å². The minimum absolute atomic E-state index is 0.0127. The van der Waals surface area contributed by atoms with Crippen molar-refractivity contribution in [2.75, 3.05) is 187 Å². The van der Waals surface area contributed by atoms with E-state index in [1.165, 1.54) is 18.4 Å².